The third-order valence-corrected chi connectivity index (χ3v) is 5.90. The molecule has 0 unspecified atom stereocenters. The molecule has 0 aliphatic heterocycles. The number of carbonyl (C=O) groups is 2. The SMILES string of the molecule is Cc1cc(C)c(COC(=O)[C@@H](NC(=O)c2ccccc2)C2CCCCC2)c(C)c1. The lowest BCUT2D eigenvalue weighted by atomic mass is 9.83. The Labute approximate surface area is 173 Å². The zero-order valence-corrected chi connectivity index (χ0v) is 17.7. The number of benzene rings is 2. The fourth-order valence-electron chi connectivity index (χ4n) is 4.32. The zero-order chi connectivity index (χ0) is 20.8. The van der Waals surface area contributed by atoms with Crippen molar-refractivity contribution in [2.45, 2.75) is 65.5 Å². The maximum atomic E-state index is 13.0. The minimum atomic E-state index is -0.603. The van der Waals surface area contributed by atoms with Gasteiger partial charge in [0.1, 0.15) is 12.6 Å². The van der Waals surface area contributed by atoms with E-state index in [0.717, 1.165) is 42.4 Å². The van der Waals surface area contributed by atoms with Crippen molar-refractivity contribution in [2.24, 2.45) is 5.92 Å². The van der Waals surface area contributed by atoms with Gasteiger partial charge in [-0.15, -0.1) is 0 Å². The molecule has 1 aliphatic carbocycles. The molecule has 154 valence electrons. The van der Waals surface area contributed by atoms with Gasteiger partial charge in [-0.1, -0.05) is 55.2 Å². The van der Waals surface area contributed by atoms with Gasteiger partial charge in [-0.25, -0.2) is 4.79 Å². The van der Waals surface area contributed by atoms with E-state index >= 15 is 0 Å². The van der Waals surface area contributed by atoms with Gasteiger partial charge in [0.2, 0.25) is 0 Å². The number of hydrogen-bond donors (Lipinski definition) is 1. The van der Waals surface area contributed by atoms with Crippen LogP contribution < -0.4 is 5.32 Å². The average molecular weight is 394 g/mol. The van der Waals surface area contributed by atoms with E-state index in [-0.39, 0.29) is 24.4 Å². The Bertz CT molecular complexity index is 831. The fraction of sp³-hybridized carbons (Fsp3) is 0.440. The maximum Gasteiger partial charge on any atom is 0.329 e. The van der Waals surface area contributed by atoms with E-state index in [1.807, 2.05) is 32.0 Å². The van der Waals surface area contributed by atoms with Crippen molar-refractivity contribution < 1.29 is 14.3 Å². The Morgan fingerprint density at radius 3 is 2.24 bits per heavy atom. The molecule has 0 aromatic heterocycles. The molecule has 2 aromatic carbocycles. The number of nitrogens with one attached hydrogen (secondary N) is 1. The largest absolute Gasteiger partial charge is 0.459 e. The molecule has 0 radical (unpaired) electrons. The van der Waals surface area contributed by atoms with Gasteiger partial charge in [-0.3, -0.25) is 4.79 Å². The van der Waals surface area contributed by atoms with E-state index in [4.69, 9.17) is 4.74 Å². The van der Waals surface area contributed by atoms with E-state index in [1.165, 1.54) is 12.0 Å². The van der Waals surface area contributed by atoms with Crippen LogP contribution in [0.1, 0.15) is 64.7 Å². The van der Waals surface area contributed by atoms with Gasteiger partial charge in [-0.05, 0) is 68.4 Å². The van der Waals surface area contributed by atoms with Crippen molar-refractivity contribution in [1.29, 1.82) is 0 Å². The highest BCUT2D eigenvalue weighted by molar-refractivity contribution is 5.96. The van der Waals surface area contributed by atoms with Gasteiger partial charge in [-0.2, -0.15) is 0 Å². The van der Waals surface area contributed by atoms with Crippen molar-refractivity contribution in [1.82, 2.24) is 5.32 Å². The van der Waals surface area contributed by atoms with Crippen LogP contribution in [0.5, 0.6) is 0 Å². The molecule has 0 bridgehead atoms. The van der Waals surface area contributed by atoms with Crippen LogP contribution in [0.3, 0.4) is 0 Å². The fourth-order valence-corrected chi connectivity index (χ4v) is 4.32. The lowest BCUT2D eigenvalue weighted by molar-refractivity contribution is -0.149. The number of esters is 1. The van der Waals surface area contributed by atoms with Crippen LogP contribution in [0.25, 0.3) is 0 Å². The lowest BCUT2D eigenvalue weighted by Gasteiger charge is -2.29. The second-order valence-electron chi connectivity index (χ2n) is 8.20. The van der Waals surface area contributed by atoms with Crippen LogP contribution >= 0.6 is 0 Å². The molecule has 29 heavy (non-hydrogen) atoms. The van der Waals surface area contributed by atoms with Crippen LogP contribution in [0, 0.1) is 26.7 Å². The van der Waals surface area contributed by atoms with Crippen LogP contribution in [0.15, 0.2) is 42.5 Å². The van der Waals surface area contributed by atoms with Crippen molar-refractivity contribution >= 4 is 11.9 Å². The highest BCUT2D eigenvalue weighted by Crippen LogP contribution is 2.28. The highest BCUT2D eigenvalue weighted by Gasteiger charge is 2.32. The van der Waals surface area contributed by atoms with Crippen molar-refractivity contribution in [3.8, 4) is 0 Å². The summed E-state index contributed by atoms with van der Waals surface area (Å²) in [5.41, 5.74) is 5.05. The van der Waals surface area contributed by atoms with E-state index in [1.54, 1.807) is 12.1 Å². The Kier molecular flexibility index (Phi) is 7.08. The Balaban J connectivity index is 1.73. The molecule has 0 saturated heterocycles. The second-order valence-corrected chi connectivity index (χ2v) is 8.20. The molecule has 0 heterocycles. The van der Waals surface area contributed by atoms with Crippen LogP contribution in [0.2, 0.25) is 0 Å². The molecule has 0 spiro atoms. The Morgan fingerprint density at radius 2 is 1.62 bits per heavy atom. The number of hydrogen-bond acceptors (Lipinski definition) is 3. The number of rotatable bonds is 6. The molecule has 1 fully saturated rings. The minimum Gasteiger partial charge on any atom is -0.459 e. The van der Waals surface area contributed by atoms with Crippen molar-refractivity contribution in [3.63, 3.8) is 0 Å². The molecule has 1 aliphatic rings. The molecule has 1 atom stereocenters. The lowest BCUT2D eigenvalue weighted by Crippen LogP contribution is -2.47. The molecule has 2 aromatic rings. The predicted molar refractivity (Wildman–Crippen MR) is 115 cm³/mol. The molecular weight excluding hydrogens is 362 g/mol. The first-order chi connectivity index (χ1) is 14.0. The van der Waals surface area contributed by atoms with E-state index in [0.29, 0.717) is 5.56 Å². The summed E-state index contributed by atoms with van der Waals surface area (Å²) in [5, 5.41) is 2.96. The van der Waals surface area contributed by atoms with E-state index in [9.17, 15) is 9.59 Å². The molecule has 3 rings (SSSR count). The average Bonchev–Trinajstić information content (AvgIpc) is 2.72. The molecule has 1 saturated carbocycles. The first-order valence-corrected chi connectivity index (χ1v) is 10.5. The van der Waals surface area contributed by atoms with Crippen LogP contribution in [-0.2, 0) is 16.1 Å². The summed E-state index contributed by atoms with van der Waals surface area (Å²) >= 11 is 0. The Morgan fingerprint density at radius 1 is 1.00 bits per heavy atom. The maximum absolute atomic E-state index is 13.0. The van der Waals surface area contributed by atoms with E-state index in [2.05, 4.69) is 24.4 Å². The topological polar surface area (TPSA) is 55.4 Å². The van der Waals surface area contributed by atoms with Gasteiger partial charge >= 0.3 is 5.97 Å². The summed E-state index contributed by atoms with van der Waals surface area (Å²) in [5.74, 6) is -0.425. The quantitative estimate of drug-likeness (QED) is 0.700. The van der Waals surface area contributed by atoms with E-state index < -0.39 is 6.04 Å². The Hall–Kier alpha value is -2.62. The van der Waals surface area contributed by atoms with Gasteiger partial charge in [0.15, 0.2) is 0 Å². The number of amides is 1. The monoisotopic (exact) mass is 393 g/mol. The molecule has 1 N–H and O–H groups in total. The van der Waals surface area contributed by atoms with Gasteiger partial charge in [0.25, 0.3) is 5.91 Å². The molecule has 1 amide bonds. The summed E-state index contributed by atoms with van der Waals surface area (Å²) in [6, 6.07) is 12.6. The first kappa shape index (κ1) is 21.1. The molecule has 4 nitrogen and oxygen atoms in total. The molecular formula is C25H31NO3. The number of aryl methyl sites for hydroxylation is 3. The van der Waals surface area contributed by atoms with Gasteiger partial charge in [0, 0.05) is 5.56 Å². The minimum absolute atomic E-state index is 0.129. The van der Waals surface area contributed by atoms with Gasteiger partial charge in [0.05, 0.1) is 0 Å². The number of carbonyl (C=O) groups excluding carboxylic acids is 2. The predicted octanol–water partition coefficient (Wildman–Crippen LogP) is 5.03. The summed E-state index contributed by atoms with van der Waals surface area (Å²) in [4.78, 5) is 25.7. The number of ether oxygens (including phenoxy) is 1. The third-order valence-electron chi connectivity index (χ3n) is 5.90. The third kappa shape index (κ3) is 5.47. The summed E-state index contributed by atoms with van der Waals surface area (Å²) in [6.07, 6.45) is 5.25. The molecule has 4 heteroatoms. The summed E-state index contributed by atoms with van der Waals surface area (Å²) < 4.78 is 5.73. The smallest absolute Gasteiger partial charge is 0.329 e. The van der Waals surface area contributed by atoms with Crippen molar-refractivity contribution in [2.75, 3.05) is 0 Å². The van der Waals surface area contributed by atoms with Crippen LogP contribution in [-0.4, -0.2) is 17.9 Å². The zero-order valence-electron chi connectivity index (χ0n) is 17.7. The second kappa shape index (κ2) is 9.73. The summed E-state index contributed by atoms with van der Waals surface area (Å²) in [6.45, 7) is 6.38. The van der Waals surface area contributed by atoms with Gasteiger partial charge < -0.3 is 10.1 Å². The standard InChI is InChI=1S/C25H31NO3/c1-17-14-18(2)22(19(3)15-17)16-29-25(28)23(20-10-6-4-7-11-20)26-24(27)21-12-8-5-9-13-21/h5,8-9,12-15,20,23H,4,6-7,10-11,16H2,1-3H3,(H,26,27)/t23-/m0/s1. The first-order valence-electron chi connectivity index (χ1n) is 10.5. The summed E-state index contributed by atoms with van der Waals surface area (Å²) in [7, 11) is 0. The normalized spacial score (nSPS) is 15.6. The van der Waals surface area contributed by atoms with Crippen LogP contribution in [0.4, 0.5) is 0 Å². The highest BCUT2D eigenvalue weighted by atomic mass is 16.5. The van der Waals surface area contributed by atoms with Crippen molar-refractivity contribution in [3.05, 3.63) is 70.3 Å².